The van der Waals surface area contributed by atoms with E-state index in [4.69, 9.17) is 9.47 Å². The van der Waals surface area contributed by atoms with Gasteiger partial charge in [0.15, 0.2) is 5.96 Å². The fourth-order valence-electron chi connectivity index (χ4n) is 2.09. The van der Waals surface area contributed by atoms with E-state index in [-0.39, 0.29) is 0 Å². The highest BCUT2D eigenvalue weighted by Gasteiger charge is 2.11. The van der Waals surface area contributed by atoms with Crippen LogP contribution in [0.4, 0.5) is 0 Å². The Hall–Kier alpha value is -1.91. The molecule has 0 bridgehead atoms. The maximum Gasteiger partial charge on any atom is 0.193 e. The van der Waals surface area contributed by atoms with E-state index in [1.54, 1.807) is 14.2 Å². The normalized spacial score (nSPS) is 14.3. The van der Waals surface area contributed by atoms with Crippen LogP contribution in [0.5, 0.6) is 11.5 Å². The van der Waals surface area contributed by atoms with Gasteiger partial charge < -0.3 is 19.7 Å². The zero-order valence-electron chi connectivity index (χ0n) is 11.8. The van der Waals surface area contributed by atoms with Gasteiger partial charge >= 0.3 is 0 Å². The van der Waals surface area contributed by atoms with Crippen LogP contribution in [0.2, 0.25) is 0 Å². The second-order valence-electron chi connectivity index (χ2n) is 4.48. The molecule has 19 heavy (non-hydrogen) atoms. The summed E-state index contributed by atoms with van der Waals surface area (Å²) >= 11 is 0. The van der Waals surface area contributed by atoms with Gasteiger partial charge in [-0.2, -0.15) is 0 Å². The number of aliphatic imine (C=N–C) groups is 1. The van der Waals surface area contributed by atoms with Crippen molar-refractivity contribution in [3.63, 3.8) is 0 Å². The number of ether oxygens (including phenoxy) is 2. The molecular formula is C14H21N3O2. The number of benzene rings is 1. The molecular weight excluding hydrogens is 242 g/mol. The van der Waals surface area contributed by atoms with Crippen LogP contribution in [-0.4, -0.2) is 51.8 Å². The van der Waals surface area contributed by atoms with E-state index in [0.717, 1.165) is 49.1 Å². The molecule has 1 aromatic carbocycles. The maximum absolute atomic E-state index is 5.38. The van der Waals surface area contributed by atoms with Gasteiger partial charge in [0.1, 0.15) is 11.5 Å². The molecule has 1 aromatic rings. The summed E-state index contributed by atoms with van der Waals surface area (Å²) in [5.41, 5.74) is 1.16. The van der Waals surface area contributed by atoms with Crippen molar-refractivity contribution in [2.75, 3.05) is 40.9 Å². The van der Waals surface area contributed by atoms with Crippen LogP contribution in [0.3, 0.4) is 0 Å². The number of rotatable bonds is 5. The van der Waals surface area contributed by atoms with Crippen LogP contribution in [0.1, 0.15) is 5.56 Å². The Labute approximate surface area is 114 Å². The number of methoxy groups -OCH3 is 2. The standard InChI is InChI=1S/C14H21N3O2/c1-17-9-8-16-14(17)15-7-6-11-4-5-12(18-2)10-13(11)19-3/h4-5,10H,6-9H2,1-3H3,(H,15,16). The molecule has 1 aliphatic rings. The summed E-state index contributed by atoms with van der Waals surface area (Å²) in [6.45, 7) is 2.71. The van der Waals surface area contributed by atoms with E-state index in [1.807, 2.05) is 25.2 Å². The molecule has 0 saturated heterocycles. The molecule has 0 aliphatic carbocycles. The van der Waals surface area contributed by atoms with Crippen LogP contribution >= 0.6 is 0 Å². The molecule has 104 valence electrons. The molecule has 0 fully saturated rings. The summed E-state index contributed by atoms with van der Waals surface area (Å²) in [7, 11) is 5.39. The zero-order valence-corrected chi connectivity index (χ0v) is 11.8. The fraction of sp³-hybridized carbons (Fsp3) is 0.500. The Morgan fingerprint density at radius 3 is 2.79 bits per heavy atom. The van der Waals surface area contributed by atoms with E-state index in [0.29, 0.717) is 0 Å². The van der Waals surface area contributed by atoms with E-state index in [9.17, 15) is 0 Å². The van der Waals surface area contributed by atoms with Crippen LogP contribution in [-0.2, 0) is 6.42 Å². The topological polar surface area (TPSA) is 46.1 Å². The van der Waals surface area contributed by atoms with E-state index < -0.39 is 0 Å². The van der Waals surface area contributed by atoms with Crippen molar-refractivity contribution in [1.82, 2.24) is 10.2 Å². The van der Waals surface area contributed by atoms with Crippen LogP contribution < -0.4 is 14.8 Å². The number of hydrogen-bond donors (Lipinski definition) is 1. The lowest BCUT2D eigenvalue weighted by Gasteiger charge is -2.16. The van der Waals surface area contributed by atoms with Gasteiger partial charge in [0, 0.05) is 26.2 Å². The number of hydrogen-bond acceptors (Lipinski definition) is 5. The summed E-state index contributed by atoms with van der Waals surface area (Å²) in [6, 6.07) is 5.91. The minimum atomic E-state index is 0.813. The third-order valence-corrected chi connectivity index (χ3v) is 3.23. The smallest absolute Gasteiger partial charge is 0.193 e. The first-order valence-electron chi connectivity index (χ1n) is 6.45. The summed E-state index contributed by atoms with van der Waals surface area (Å²) in [5.74, 6) is 2.66. The van der Waals surface area contributed by atoms with Crippen molar-refractivity contribution in [1.29, 1.82) is 0 Å². The van der Waals surface area contributed by atoms with Gasteiger partial charge in [-0.25, -0.2) is 0 Å². The highest BCUT2D eigenvalue weighted by atomic mass is 16.5. The third kappa shape index (κ3) is 3.30. The van der Waals surface area contributed by atoms with Crippen molar-refractivity contribution in [3.8, 4) is 11.5 Å². The number of nitrogens with one attached hydrogen (secondary N) is 1. The van der Waals surface area contributed by atoms with Crippen molar-refractivity contribution < 1.29 is 9.47 Å². The molecule has 1 N–H and O–H groups in total. The molecule has 0 radical (unpaired) electrons. The summed E-state index contributed by atoms with van der Waals surface area (Å²) in [4.78, 5) is 6.53. The van der Waals surface area contributed by atoms with Gasteiger partial charge in [-0.05, 0) is 18.1 Å². The summed E-state index contributed by atoms with van der Waals surface area (Å²) < 4.78 is 10.6. The van der Waals surface area contributed by atoms with Crippen LogP contribution in [0, 0.1) is 0 Å². The van der Waals surface area contributed by atoms with E-state index in [2.05, 4.69) is 15.2 Å². The summed E-state index contributed by atoms with van der Waals surface area (Å²) in [6.07, 6.45) is 0.889. The van der Waals surface area contributed by atoms with E-state index in [1.165, 1.54) is 0 Å². The molecule has 0 spiro atoms. The Morgan fingerprint density at radius 2 is 2.16 bits per heavy atom. The first-order chi connectivity index (χ1) is 9.24. The predicted octanol–water partition coefficient (Wildman–Crippen LogP) is 1.14. The molecule has 5 heteroatoms. The molecule has 5 nitrogen and oxygen atoms in total. The van der Waals surface area contributed by atoms with E-state index >= 15 is 0 Å². The number of likely N-dealkylation sites (N-methyl/N-ethyl adjacent to an activating group) is 1. The quantitative estimate of drug-likeness (QED) is 0.865. The Kier molecular flexibility index (Phi) is 4.49. The predicted molar refractivity (Wildman–Crippen MR) is 76.2 cm³/mol. The molecule has 0 atom stereocenters. The minimum Gasteiger partial charge on any atom is -0.497 e. The van der Waals surface area contributed by atoms with Gasteiger partial charge in [0.25, 0.3) is 0 Å². The van der Waals surface area contributed by atoms with Gasteiger partial charge in [0.05, 0.1) is 20.8 Å². The molecule has 2 rings (SSSR count). The largest absolute Gasteiger partial charge is 0.497 e. The summed E-state index contributed by atoms with van der Waals surface area (Å²) in [5, 5.41) is 3.35. The second kappa shape index (κ2) is 6.31. The maximum atomic E-state index is 5.38. The molecule has 0 aromatic heterocycles. The van der Waals surface area contributed by atoms with Gasteiger partial charge in [-0.15, -0.1) is 0 Å². The zero-order chi connectivity index (χ0) is 13.7. The minimum absolute atomic E-state index is 0.813. The molecule has 1 aliphatic heterocycles. The Bertz CT molecular complexity index is 460. The number of nitrogens with zero attached hydrogens (tertiary/aromatic N) is 2. The van der Waals surface area contributed by atoms with Crippen molar-refractivity contribution in [3.05, 3.63) is 23.8 Å². The van der Waals surface area contributed by atoms with Gasteiger partial charge in [-0.3, -0.25) is 4.99 Å². The first-order valence-corrected chi connectivity index (χ1v) is 6.45. The SMILES string of the molecule is COc1ccc(CCNC2=NCCN2C)c(OC)c1. The average Bonchev–Trinajstić information content (AvgIpc) is 2.84. The molecule has 0 unspecified atom stereocenters. The van der Waals surface area contributed by atoms with Gasteiger partial charge in [-0.1, -0.05) is 6.07 Å². The second-order valence-corrected chi connectivity index (χ2v) is 4.48. The Morgan fingerprint density at radius 1 is 1.32 bits per heavy atom. The average molecular weight is 263 g/mol. The third-order valence-electron chi connectivity index (χ3n) is 3.23. The van der Waals surface area contributed by atoms with Crippen molar-refractivity contribution in [2.24, 2.45) is 4.99 Å². The van der Waals surface area contributed by atoms with Crippen molar-refractivity contribution in [2.45, 2.75) is 6.42 Å². The van der Waals surface area contributed by atoms with Crippen molar-refractivity contribution >= 4 is 5.96 Å². The monoisotopic (exact) mass is 263 g/mol. The van der Waals surface area contributed by atoms with Crippen LogP contribution in [0.15, 0.2) is 23.2 Å². The lowest BCUT2D eigenvalue weighted by Crippen LogP contribution is -2.36. The molecule has 1 heterocycles. The highest BCUT2D eigenvalue weighted by molar-refractivity contribution is 5.81. The van der Waals surface area contributed by atoms with Gasteiger partial charge in [0.2, 0.25) is 0 Å². The van der Waals surface area contributed by atoms with Crippen LogP contribution in [0.25, 0.3) is 0 Å². The molecule has 0 saturated carbocycles. The highest BCUT2D eigenvalue weighted by Crippen LogP contribution is 2.24. The first kappa shape index (κ1) is 13.5. The lowest BCUT2D eigenvalue weighted by molar-refractivity contribution is 0.391. The lowest BCUT2D eigenvalue weighted by atomic mass is 10.1. The fourth-order valence-corrected chi connectivity index (χ4v) is 2.09. The molecule has 0 amide bonds. The Balaban J connectivity index is 1.92. The number of guanidine groups is 1.